The van der Waals surface area contributed by atoms with E-state index >= 15 is 0 Å². The minimum atomic E-state index is -0.264. The standard InChI is InChI=1S/C16H17FN2O/c1-11-7-13(10-15(18)8-11)16(20)19-6-5-12-3-2-4-14(17)9-12/h2-4,7-10H,5-6,18H2,1H3,(H,19,20). The third-order valence-electron chi connectivity index (χ3n) is 2.95. The van der Waals surface area contributed by atoms with Gasteiger partial charge in [0.05, 0.1) is 0 Å². The van der Waals surface area contributed by atoms with Crippen molar-refractivity contribution in [3.05, 3.63) is 65.0 Å². The largest absolute Gasteiger partial charge is 0.399 e. The topological polar surface area (TPSA) is 55.1 Å². The summed E-state index contributed by atoms with van der Waals surface area (Å²) in [5.41, 5.74) is 8.63. The molecular weight excluding hydrogens is 255 g/mol. The molecule has 0 aliphatic heterocycles. The molecule has 20 heavy (non-hydrogen) atoms. The molecule has 0 fully saturated rings. The monoisotopic (exact) mass is 272 g/mol. The highest BCUT2D eigenvalue weighted by Crippen LogP contribution is 2.11. The molecule has 2 aromatic carbocycles. The Morgan fingerprint density at radius 3 is 2.75 bits per heavy atom. The van der Waals surface area contributed by atoms with E-state index in [1.807, 2.05) is 19.1 Å². The van der Waals surface area contributed by atoms with E-state index in [1.54, 1.807) is 18.2 Å². The molecule has 0 heterocycles. The van der Waals surface area contributed by atoms with Crippen LogP contribution in [-0.4, -0.2) is 12.5 Å². The van der Waals surface area contributed by atoms with Crippen molar-refractivity contribution < 1.29 is 9.18 Å². The number of halogens is 1. The summed E-state index contributed by atoms with van der Waals surface area (Å²) in [7, 11) is 0. The van der Waals surface area contributed by atoms with Crippen LogP contribution < -0.4 is 11.1 Å². The first-order chi connectivity index (χ1) is 9.54. The van der Waals surface area contributed by atoms with Gasteiger partial charge in [0.15, 0.2) is 0 Å². The molecule has 0 aliphatic rings. The maximum absolute atomic E-state index is 13.0. The number of hydrogen-bond donors (Lipinski definition) is 2. The van der Waals surface area contributed by atoms with Crippen LogP contribution in [0.2, 0.25) is 0 Å². The molecule has 0 spiro atoms. The van der Waals surface area contributed by atoms with Crippen LogP contribution in [-0.2, 0) is 6.42 Å². The van der Waals surface area contributed by atoms with Gasteiger partial charge in [-0.05, 0) is 54.8 Å². The number of amides is 1. The lowest BCUT2D eigenvalue weighted by Crippen LogP contribution is -2.25. The number of aryl methyl sites for hydroxylation is 1. The molecule has 1 amide bonds. The lowest BCUT2D eigenvalue weighted by Gasteiger charge is -2.07. The van der Waals surface area contributed by atoms with E-state index in [0.717, 1.165) is 11.1 Å². The number of benzene rings is 2. The smallest absolute Gasteiger partial charge is 0.251 e. The Hall–Kier alpha value is -2.36. The number of hydrogen-bond acceptors (Lipinski definition) is 2. The second-order valence-electron chi connectivity index (χ2n) is 4.77. The van der Waals surface area contributed by atoms with Crippen LogP contribution in [0.3, 0.4) is 0 Å². The van der Waals surface area contributed by atoms with Crippen molar-refractivity contribution in [3.8, 4) is 0 Å². The minimum absolute atomic E-state index is 0.170. The first-order valence-corrected chi connectivity index (χ1v) is 6.44. The van der Waals surface area contributed by atoms with Gasteiger partial charge >= 0.3 is 0 Å². The van der Waals surface area contributed by atoms with Crippen molar-refractivity contribution in [1.29, 1.82) is 0 Å². The molecule has 0 atom stereocenters. The molecule has 2 rings (SSSR count). The Morgan fingerprint density at radius 1 is 1.25 bits per heavy atom. The van der Waals surface area contributed by atoms with Crippen LogP contribution in [0.4, 0.5) is 10.1 Å². The molecule has 0 bridgehead atoms. The van der Waals surface area contributed by atoms with E-state index in [0.29, 0.717) is 24.2 Å². The number of carbonyl (C=O) groups is 1. The van der Waals surface area contributed by atoms with Crippen molar-refractivity contribution >= 4 is 11.6 Å². The van der Waals surface area contributed by atoms with Crippen molar-refractivity contribution in [3.63, 3.8) is 0 Å². The third kappa shape index (κ3) is 3.82. The maximum Gasteiger partial charge on any atom is 0.251 e. The van der Waals surface area contributed by atoms with Crippen LogP contribution in [0.5, 0.6) is 0 Å². The lowest BCUT2D eigenvalue weighted by atomic mass is 10.1. The summed E-state index contributed by atoms with van der Waals surface area (Å²) in [5, 5.41) is 2.80. The summed E-state index contributed by atoms with van der Waals surface area (Å²) in [4.78, 5) is 12.0. The van der Waals surface area contributed by atoms with Gasteiger partial charge < -0.3 is 11.1 Å². The second kappa shape index (κ2) is 6.19. The highest BCUT2D eigenvalue weighted by atomic mass is 19.1. The molecule has 0 unspecified atom stereocenters. The van der Waals surface area contributed by atoms with Crippen LogP contribution in [0, 0.1) is 12.7 Å². The van der Waals surface area contributed by atoms with E-state index in [1.165, 1.54) is 12.1 Å². The number of anilines is 1. The van der Waals surface area contributed by atoms with E-state index in [4.69, 9.17) is 5.73 Å². The average Bonchev–Trinajstić information content (AvgIpc) is 2.37. The van der Waals surface area contributed by atoms with Gasteiger partial charge in [0.1, 0.15) is 5.82 Å². The number of nitrogens with two attached hydrogens (primary N) is 1. The average molecular weight is 272 g/mol. The molecule has 104 valence electrons. The highest BCUT2D eigenvalue weighted by molar-refractivity contribution is 5.95. The Morgan fingerprint density at radius 2 is 2.05 bits per heavy atom. The van der Waals surface area contributed by atoms with E-state index in [9.17, 15) is 9.18 Å². The summed E-state index contributed by atoms with van der Waals surface area (Å²) in [6.07, 6.45) is 0.588. The molecule has 0 saturated carbocycles. The molecule has 0 aliphatic carbocycles. The summed E-state index contributed by atoms with van der Waals surface area (Å²) < 4.78 is 13.0. The second-order valence-corrected chi connectivity index (χ2v) is 4.77. The van der Waals surface area contributed by atoms with E-state index in [2.05, 4.69) is 5.32 Å². The number of nitrogens with one attached hydrogen (secondary N) is 1. The van der Waals surface area contributed by atoms with Gasteiger partial charge in [-0.2, -0.15) is 0 Å². The molecule has 0 radical (unpaired) electrons. The molecular formula is C16H17FN2O. The van der Waals surface area contributed by atoms with Gasteiger partial charge in [-0.3, -0.25) is 4.79 Å². The van der Waals surface area contributed by atoms with E-state index < -0.39 is 0 Å². The van der Waals surface area contributed by atoms with Gasteiger partial charge in [-0.1, -0.05) is 12.1 Å². The fraction of sp³-hybridized carbons (Fsp3) is 0.188. The number of nitrogen functional groups attached to an aromatic ring is 1. The summed E-state index contributed by atoms with van der Waals surface area (Å²) in [5.74, 6) is -0.433. The van der Waals surface area contributed by atoms with Crippen LogP contribution in [0.1, 0.15) is 21.5 Å². The zero-order valence-electron chi connectivity index (χ0n) is 11.3. The fourth-order valence-electron chi connectivity index (χ4n) is 2.06. The maximum atomic E-state index is 13.0. The first kappa shape index (κ1) is 14.1. The normalized spacial score (nSPS) is 10.3. The van der Waals surface area contributed by atoms with Crippen molar-refractivity contribution in [2.45, 2.75) is 13.3 Å². The summed E-state index contributed by atoms with van der Waals surface area (Å²) >= 11 is 0. The van der Waals surface area contributed by atoms with Gasteiger partial charge in [-0.15, -0.1) is 0 Å². The van der Waals surface area contributed by atoms with Crippen LogP contribution in [0.15, 0.2) is 42.5 Å². The SMILES string of the molecule is Cc1cc(N)cc(C(=O)NCCc2cccc(F)c2)c1. The van der Waals surface area contributed by atoms with Gasteiger partial charge in [-0.25, -0.2) is 4.39 Å². The van der Waals surface area contributed by atoms with Crippen molar-refractivity contribution in [2.75, 3.05) is 12.3 Å². The van der Waals surface area contributed by atoms with Gasteiger partial charge in [0, 0.05) is 17.8 Å². The predicted octanol–water partition coefficient (Wildman–Crippen LogP) is 2.69. The fourth-order valence-corrected chi connectivity index (χ4v) is 2.06. The molecule has 0 saturated heterocycles. The van der Waals surface area contributed by atoms with E-state index in [-0.39, 0.29) is 11.7 Å². The zero-order valence-corrected chi connectivity index (χ0v) is 11.3. The summed E-state index contributed by atoms with van der Waals surface area (Å²) in [6.45, 7) is 2.34. The van der Waals surface area contributed by atoms with Crippen LogP contribution >= 0.6 is 0 Å². The van der Waals surface area contributed by atoms with Crippen LogP contribution in [0.25, 0.3) is 0 Å². The molecule has 3 N–H and O–H groups in total. The Labute approximate surface area is 117 Å². The number of rotatable bonds is 4. The predicted molar refractivity (Wildman–Crippen MR) is 78.0 cm³/mol. The van der Waals surface area contributed by atoms with Crippen molar-refractivity contribution in [1.82, 2.24) is 5.32 Å². The van der Waals surface area contributed by atoms with Gasteiger partial charge in [0.25, 0.3) is 5.91 Å². The van der Waals surface area contributed by atoms with Gasteiger partial charge in [0.2, 0.25) is 0 Å². The molecule has 0 aromatic heterocycles. The molecule has 3 nitrogen and oxygen atoms in total. The molecule has 4 heteroatoms. The highest BCUT2D eigenvalue weighted by Gasteiger charge is 2.06. The van der Waals surface area contributed by atoms with Crippen molar-refractivity contribution in [2.24, 2.45) is 0 Å². The third-order valence-corrected chi connectivity index (χ3v) is 2.95. The zero-order chi connectivity index (χ0) is 14.5. The Balaban J connectivity index is 1.92. The summed E-state index contributed by atoms with van der Waals surface area (Å²) in [6, 6.07) is 11.6. The molecule has 2 aromatic rings. The lowest BCUT2D eigenvalue weighted by molar-refractivity contribution is 0.0954. The Bertz CT molecular complexity index is 605. The quantitative estimate of drug-likeness (QED) is 0.841. The first-order valence-electron chi connectivity index (χ1n) is 6.44. The minimum Gasteiger partial charge on any atom is -0.399 e. The Kier molecular flexibility index (Phi) is 4.35. The number of carbonyl (C=O) groups excluding carboxylic acids is 1.